The minimum Gasteiger partial charge on any atom is -0.497 e. The molecule has 4 rings (SSSR count). The number of rotatable bonds is 5. The highest BCUT2D eigenvalue weighted by atomic mass is 19.4. The van der Waals surface area contributed by atoms with Gasteiger partial charge in [0.1, 0.15) is 11.4 Å². The Morgan fingerprint density at radius 1 is 1.15 bits per heavy atom. The van der Waals surface area contributed by atoms with Crippen molar-refractivity contribution < 1.29 is 22.7 Å². The van der Waals surface area contributed by atoms with E-state index < -0.39 is 17.8 Å². The van der Waals surface area contributed by atoms with Gasteiger partial charge >= 0.3 is 6.18 Å². The second-order valence-corrected chi connectivity index (χ2v) is 9.01. The van der Waals surface area contributed by atoms with Crippen LogP contribution in [0, 0.1) is 5.92 Å². The highest BCUT2D eigenvalue weighted by molar-refractivity contribution is 6.19. The maximum Gasteiger partial charge on any atom is 0.416 e. The number of methoxy groups -OCH3 is 1. The maximum atomic E-state index is 13.9. The van der Waals surface area contributed by atoms with E-state index in [1.807, 2.05) is 11.9 Å². The fourth-order valence-corrected chi connectivity index (χ4v) is 4.57. The van der Waals surface area contributed by atoms with Crippen LogP contribution >= 0.6 is 0 Å². The number of anilines is 1. The minimum atomic E-state index is -4.49. The quantitative estimate of drug-likeness (QED) is 0.580. The van der Waals surface area contributed by atoms with Crippen LogP contribution < -0.4 is 9.64 Å². The van der Waals surface area contributed by atoms with E-state index >= 15 is 0 Å². The summed E-state index contributed by atoms with van der Waals surface area (Å²) in [5.41, 5.74) is 2.20. The van der Waals surface area contributed by atoms with E-state index in [4.69, 9.17) is 9.73 Å². The average molecular weight is 472 g/mol. The normalized spacial score (nSPS) is 18.9. The summed E-state index contributed by atoms with van der Waals surface area (Å²) in [6, 6.07) is 11.5. The number of hydrogen-bond acceptors (Lipinski definition) is 4. The van der Waals surface area contributed by atoms with Gasteiger partial charge in [-0.1, -0.05) is 26.0 Å². The molecule has 1 amide bonds. The van der Waals surface area contributed by atoms with Gasteiger partial charge < -0.3 is 9.64 Å². The Balaban J connectivity index is 1.94. The first-order valence-electron chi connectivity index (χ1n) is 11.3. The van der Waals surface area contributed by atoms with Gasteiger partial charge in [-0.2, -0.15) is 13.2 Å². The molecule has 2 aliphatic rings. The van der Waals surface area contributed by atoms with Gasteiger partial charge in [-0.3, -0.25) is 14.7 Å². The first-order chi connectivity index (χ1) is 16.1. The zero-order valence-corrected chi connectivity index (χ0v) is 19.7. The Morgan fingerprint density at radius 2 is 1.85 bits per heavy atom. The summed E-state index contributed by atoms with van der Waals surface area (Å²) in [6.45, 7) is 5.21. The van der Waals surface area contributed by atoms with Crippen LogP contribution in [0.4, 0.5) is 18.9 Å². The third-order valence-electron chi connectivity index (χ3n) is 6.12. The molecule has 0 saturated carbocycles. The van der Waals surface area contributed by atoms with Gasteiger partial charge in [0, 0.05) is 30.6 Å². The first-order valence-corrected chi connectivity index (χ1v) is 11.3. The predicted molar refractivity (Wildman–Crippen MR) is 126 cm³/mol. The monoisotopic (exact) mass is 471 g/mol. The van der Waals surface area contributed by atoms with E-state index in [0.29, 0.717) is 47.8 Å². The Bertz CT molecular complexity index is 1140. The lowest BCUT2D eigenvalue weighted by molar-refractivity contribution is -0.137. The lowest BCUT2D eigenvalue weighted by Gasteiger charge is -2.29. The molecule has 0 fully saturated rings. The summed E-state index contributed by atoms with van der Waals surface area (Å²) >= 11 is 0. The lowest BCUT2D eigenvalue weighted by Crippen LogP contribution is -2.34. The van der Waals surface area contributed by atoms with Crippen LogP contribution in [0.3, 0.4) is 0 Å². The lowest BCUT2D eigenvalue weighted by atomic mass is 9.90. The molecule has 0 bridgehead atoms. The van der Waals surface area contributed by atoms with Gasteiger partial charge in [-0.15, -0.1) is 0 Å². The average Bonchev–Trinajstić information content (AvgIpc) is 3.01. The summed E-state index contributed by atoms with van der Waals surface area (Å²) < 4.78 is 46.1. The van der Waals surface area contributed by atoms with E-state index in [2.05, 4.69) is 13.8 Å². The van der Waals surface area contributed by atoms with E-state index in [-0.39, 0.29) is 11.8 Å². The van der Waals surface area contributed by atoms with E-state index in [9.17, 15) is 18.0 Å². The summed E-state index contributed by atoms with van der Waals surface area (Å²) in [7, 11) is 3.39. The van der Waals surface area contributed by atoms with Crippen LogP contribution in [0.5, 0.6) is 5.75 Å². The molecule has 34 heavy (non-hydrogen) atoms. The zero-order valence-electron chi connectivity index (χ0n) is 19.7. The van der Waals surface area contributed by atoms with E-state index in [1.165, 1.54) is 6.07 Å². The van der Waals surface area contributed by atoms with Gasteiger partial charge in [0.2, 0.25) is 0 Å². The van der Waals surface area contributed by atoms with Crippen molar-refractivity contribution in [2.24, 2.45) is 10.9 Å². The number of carbonyl (C=O) groups is 1. The molecule has 1 atom stereocenters. The van der Waals surface area contributed by atoms with E-state index in [1.54, 1.807) is 42.3 Å². The van der Waals surface area contributed by atoms with Crippen LogP contribution in [0.2, 0.25) is 0 Å². The zero-order chi connectivity index (χ0) is 24.6. The molecule has 0 spiro atoms. The summed E-state index contributed by atoms with van der Waals surface area (Å²) in [4.78, 5) is 22.1. The van der Waals surface area contributed by atoms with Crippen molar-refractivity contribution >= 4 is 17.3 Å². The molecule has 0 saturated heterocycles. The van der Waals surface area contributed by atoms with Crippen molar-refractivity contribution in [1.29, 1.82) is 0 Å². The summed E-state index contributed by atoms with van der Waals surface area (Å²) in [6.07, 6.45) is -3.86. The number of hydrogen-bond donors (Lipinski definition) is 0. The molecule has 2 heterocycles. The van der Waals surface area contributed by atoms with Crippen molar-refractivity contribution in [3.05, 3.63) is 70.9 Å². The molecule has 0 aromatic heterocycles. The first kappa shape index (κ1) is 23.9. The number of amides is 1. The van der Waals surface area contributed by atoms with Crippen LogP contribution in [0.25, 0.3) is 0 Å². The Kier molecular flexibility index (Phi) is 6.43. The third-order valence-corrected chi connectivity index (χ3v) is 6.12. The molecule has 2 aromatic rings. The molecule has 8 heteroatoms. The summed E-state index contributed by atoms with van der Waals surface area (Å²) in [5, 5.41) is 0. The molecule has 180 valence electrons. The van der Waals surface area contributed by atoms with Gasteiger partial charge in [0.05, 0.1) is 25.3 Å². The predicted octanol–water partition coefficient (Wildman–Crippen LogP) is 5.49. The van der Waals surface area contributed by atoms with Crippen LogP contribution in [0.15, 0.2) is 64.8 Å². The molecule has 0 N–H and O–H groups in total. The van der Waals surface area contributed by atoms with Crippen molar-refractivity contribution in [3.63, 3.8) is 0 Å². The molecular formula is C26H28F3N3O2. The molecule has 1 unspecified atom stereocenters. The van der Waals surface area contributed by atoms with E-state index in [0.717, 1.165) is 17.8 Å². The number of alkyl halides is 3. The SMILES string of the molecule is COc1ccc(N2C(=O)C3=C(C(CC(C)C)=NCCN3C)C2c2cccc(C(F)(F)F)c2)cc1. The number of ether oxygens (including phenoxy) is 1. The standard InChI is InChI=1S/C26H28F3N3O2/c1-16(2)14-21-22-23(17-6-5-7-18(15-17)26(27,28)29)32(19-8-10-20(34-4)11-9-19)25(33)24(22)31(3)13-12-30-21/h5-11,15-16,23H,12-14H2,1-4H3. The van der Waals surface area contributed by atoms with Crippen LogP contribution in [0.1, 0.15) is 37.4 Å². The van der Waals surface area contributed by atoms with Gasteiger partial charge in [0.25, 0.3) is 5.91 Å². The highest BCUT2D eigenvalue weighted by Crippen LogP contribution is 2.45. The molecule has 0 radical (unpaired) electrons. The number of carbonyl (C=O) groups excluding carboxylic acids is 1. The highest BCUT2D eigenvalue weighted by Gasteiger charge is 2.45. The Morgan fingerprint density at radius 3 is 2.47 bits per heavy atom. The van der Waals surface area contributed by atoms with Crippen molar-refractivity contribution in [3.8, 4) is 5.75 Å². The Hall–Kier alpha value is -3.29. The minimum absolute atomic E-state index is 0.247. The molecule has 5 nitrogen and oxygen atoms in total. The summed E-state index contributed by atoms with van der Waals surface area (Å²) in [5.74, 6) is 0.645. The number of halogens is 3. The molecular weight excluding hydrogens is 443 g/mol. The fraction of sp³-hybridized carbons (Fsp3) is 0.385. The molecule has 2 aromatic carbocycles. The largest absolute Gasteiger partial charge is 0.497 e. The van der Waals surface area contributed by atoms with Crippen molar-refractivity contribution in [2.45, 2.75) is 32.5 Å². The molecule has 2 aliphatic heterocycles. The number of nitrogens with zero attached hydrogens (tertiary/aromatic N) is 3. The van der Waals surface area contributed by atoms with Crippen molar-refractivity contribution in [2.75, 3.05) is 32.1 Å². The van der Waals surface area contributed by atoms with Gasteiger partial charge in [-0.05, 0) is 54.3 Å². The van der Waals surface area contributed by atoms with Gasteiger partial charge in [0.15, 0.2) is 0 Å². The van der Waals surface area contributed by atoms with Crippen LogP contribution in [-0.4, -0.2) is 43.8 Å². The smallest absolute Gasteiger partial charge is 0.416 e. The second kappa shape index (κ2) is 9.16. The van der Waals surface area contributed by atoms with Gasteiger partial charge in [-0.25, -0.2) is 0 Å². The fourth-order valence-electron chi connectivity index (χ4n) is 4.57. The Labute approximate surface area is 197 Å². The molecule has 0 aliphatic carbocycles. The number of benzene rings is 2. The van der Waals surface area contributed by atoms with Crippen molar-refractivity contribution in [1.82, 2.24) is 4.90 Å². The third kappa shape index (κ3) is 4.41. The topological polar surface area (TPSA) is 45.1 Å². The van der Waals surface area contributed by atoms with Crippen LogP contribution in [-0.2, 0) is 11.0 Å². The maximum absolute atomic E-state index is 13.9. The second-order valence-electron chi connectivity index (χ2n) is 9.01. The number of aliphatic imine (C=N–C) groups is 1. The number of likely N-dealkylation sites (N-methyl/N-ethyl adjacent to an activating group) is 1.